The van der Waals surface area contributed by atoms with Crippen molar-refractivity contribution >= 4 is 17.3 Å². The fourth-order valence-corrected chi connectivity index (χ4v) is 4.02. The molecule has 174 valence electrons. The first-order valence-corrected chi connectivity index (χ1v) is 10.6. The van der Waals surface area contributed by atoms with Crippen molar-refractivity contribution in [2.75, 3.05) is 20.8 Å². The molecule has 0 saturated carbocycles. The standard InChI is InChI=1S/C26H24N2O6/c1-17-21-15-24(34-16-18-8-5-4-6-9-18)23(32-2)14-19(21)12-13-27(17)26(29)20-10-7-11-22(28(30)31)25(20)33-3/h4-11,14-15H,1,12-13,16H2,2-3H3. The molecule has 0 saturated heterocycles. The number of benzene rings is 3. The van der Waals surface area contributed by atoms with Crippen molar-refractivity contribution in [2.24, 2.45) is 0 Å². The van der Waals surface area contributed by atoms with E-state index in [1.54, 1.807) is 7.11 Å². The molecule has 34 heavy (non-hydrogen) atoms. The number of amides is 1. The van der Waals surface area contributed by atoms with Crippen LogP contribution in [0.15, 0.2) is 67.2 Å². The molecule has 1 heterocycles. The summed E-state index contributed by atoms with van der Waals surface area (Å²) in [4.78, 5) is 25.7. The number of ether oxygens (including phenoxy) is 3. The zero-order valence-electron chi connectivity index (χ0n) is 18.9. The highest BCUT2D eigenvalue weighted by Gasteiger charge is 2.31. The van der Waals surface area contributed by atoms with Gasteiger partial charge in [-0.25, -0.2) is 0 Å². The number of carbonyl (C=O) groups is 1. The zero-order chi connectivity index (χ0) is 24.2. The van der Waals surface area contributed by atoms with E-state index in [0.29, 0.717) is 36.8 Å². The highest BCUT2D eigenvalue weighted by atomic mass is 16.6. The number of nitro groups is 1. The van der Waals surface area contributed by atoms with Gasteiger partial charge < -0.3 is 19.1 Å². The lowest BCUT2D eigenvalue weighted by atomic mass is 9.95. The van der Waals surface area contributed by atoms with E-state index >= 15 is 0 Å². The highest BCUT2D eigenvalue weighted by Crippen LogP contribution is 2.39. The number of rotatable bonds is 7. The topological polar surface area (TPSA) is 91.1 Å². The lowest BCUT2D eigenvalue weighted by molar-refractivity contribution is -0.385. The average Bonchev–Trinajstić information content (AvgIpc) is 2.87. The molecule has 1 aliphatic heterocycles. The number of para-hydroxylation sites is 1. The Bertz CT molecular complexity index is 1260. The van der Waals surface area contributed by atoms with E-state index in [1.165, 1.54) is 30.2 Å². The van der Waals surface area contributed by atoms with Gasteiger partial charge in [0.1, 0.15) is 6.61 Å². The van der Waals surface area contributed by atoms with Crippen LogP contribution in [0.2, 0.25) is 0 Å². The number of hydrogen-bond acceptors (Lipinski definition) is 6. The number of fused-ring (bicyclic) bond motifs is 1. The normalized spacial score (nSPS) is 12.6. The van der Waals surface area contributed by atoms with Gasteiger partial charge in [-0.1, -0.05) is 43.0 Å². The molecule has 0 unspecified atom stereocenters. The van der Waals surface area contributed by atoms with Gasteiger partial charge in [0.25, 0.3) is 5.91 Å². The van der Waals surface area contributed by atoms with Crippen LogP contribution in [0.4, 0.5) is 5.69 Å². The summed E-state index contributed by atoms with van der Waals surface area (Å²) < 4.78 is 16.8. The molecule has 0 aliphatic carbocycles. The molecule has 0 radical (unpaired) electrons. The van der Waals surface area contributed by atoms with Crippen LogP contribution in [0.5, 0.6) is 17.2 Å². The Morgan fingerprint density at radius 2 is 1.82 bits per heavy atom. The third-order valence-corrected chi connectivity index (χ3v) is 5.74. The molecule has 3 aromatic carbocycles. The van der Waals surface area contributed by atoms with E-state index in [-0.39, 0.29) is 17.0 Å². The summed E-state index contributed by atoms with van der Waals surface area (Å²) in [6, 6.07) is 17.8. The third kappa shape index (κ3) is 4.30. The second kappa shape index (κ2) is 9.66. The summed E-state index contributed by atoms with van der Waals surface area (Å²) in [6.07, 6.45) is 0.562. The number of nitrogens with zero attached hydrogens (tertiary/aromatic N) is 2. The van der Waals surface area contributed by atoms with Crippen LogP contribution >= 0.6 is 0 Å². The number of methoxy groups -OCH3 is 2. The van der Waals surface area contributed by atoms with E-state index in [0.717, 1.165) is 16.7 Å². The van der Waals surface area contributed by atoms with Crippen molar-refractivity contribution in [3.63, 3.8) is 0 Å². The summed E-state index contributed by atoms with van der Waals surface area (Å²) >= 11 is 0. The van der Waals surface area contributed by atoms with Gasteiger partial charge in [0.05, 0.1) is 24.7 Å². The molecule has 0 spiro atoms. The van der Waals surface area contributed by atoms with E-state index in [9.17, 15) is 14.9 Å². The van der Waals surface area contributed by atoms with Gasteiger partial charge in [-0.05, 0) is 35.7 Å². The Labute approximate surface area is 197 Å². The molecule has 0 bridgehead atoms. The maximum Gasteiger partial charge on any atom is 0.311 e. The Hall–Kier alpha value is -4.33. The summed E-state index contributed by atoms with van der Waals surface area (Å²) in [6.45, 7) is 4.87. The Kier molecular flexibility index (Phi) is 6.49. The molecule has 1 aliphatic rings. The first kappa shape index (κ1) is 22.8. The Morgan fingerprint density at radius 1 is 1.06 bits per heavy atom. The molecule has 1 amide bonds. The predicted molar refractivity (Wildman–Crippen MR) is 127 cm³/mol. The van der Waals surface area contributed by atoms with Crippen LogP contribution in [-0.4, -0.2) is 36.5 Å². The van der Waals surface area contributed by atoms with Gasteiger partial charge in [0.2, 0.25) is 5.75 Å². The van der Waals surface area contributed by atoms with Crippen molar-refractivity contribution in [2.45, 2.75) is 13.0 Å². The maximum absolute atomic E-state index is 13.4. The fraction of sp³-hybridized carbons (Fsp3) is 0.192. The second-order valence-corrected chi connectivity index (χ2v) is 7.70. The smallest absolute Gasteiger partial charge is 0.311 e. The van der Waals surface area contributed by atoms with Crippen LogP contribution in [0.25, 0.3) is 5.70 Å². The average molecular weight is 460 g/mol. The molecular formula is C26H24N2O6. The maximum atomic E-state index is 13.4. The zero-order valence-corrected chi connectivity index (χ0v) is 18.9. The Morgan fingerprint density at radius 3 is 2.50 bits per heavy atom. The summed E-state index contributed by atoms with van der Waals surface area (Å²) in [5.74, 6) is 0.646. The van der Waals surface area contributed by atoms with Crippen molar-refractivity contribution in [3.05, 3.63) is 99.6 Å². The van der Waals surface area contributed by atoms with Crippen molar-refractivity contribution in [1.82, 2.24) is 4.90 Å². The minimum Gasteiger partial charge on any atom is -0.493 e. The van der Waals surface area contributed by atoms with E-state index in [1.807, 2.05) is 42.5 Å². The highest BCUT2D eigenvalue weighted by molar-refractivity contribution is 6.03. The van der Waals surface area contributed by atoms with Crippen LogP contribution < -0.4 is 14.2 Å². The van der Waals surface area contributed by atoms with Gasteiger partial charge in [-0.2, -0.15) is 0 Å². The van der Waals surface area contributed by atoms with Gasteiger partial charge in [-0.15, -0.1) is 0 Å². The van der Waals surface area contributed by atoms with Crippen LogP contribution in [-0.2, 0) is 13.0 Å². The number of hydrogen-bond donors (Lipinski definition) is 0. The van der Waals surface area contributed by atoms with Crippen molar-refractivity contribution < 1.29 is 23.9 Å². The molecular weight excluding hydrogens is 436 g/mol. The van der Waals surface area contributed by atoms with Crippen molar-refractivity contribution in [1.29, 1.82) is 0 Å². The Balaban J connectivity index is 1.64. The molecule has 8 heteroatoms. The summed E-state index contributed by atoms with van der Waals surface area (Å²) in [5, 5.41) is 11.4. The lowest BCUT2D eigenvalue weighted by Crippen LogP contribution is -2.35. The van der Waals surface area contributed by atoms with Crippen LogP contribution in [0, 0.1) is 10.1 Å². The van der Waals surface area contributed by atoms with Crippen molar-refractivity contribution in [3.8, 4) is 17.2 Å². The van der Waals surface area contributed by atoms with Crippen LogP contribution in [0.3, 0.4) is 0 Å². The number of carbonyl (C=O) groups excluding carboxylic acids is 1. The molecule has 4 rings (SSSR count). The fourth-order valence-electron chi connectivity index (χ4n) is 4.02. The van der Waals surface area contributed by atoms with Gasteiger partial charge in [0, 0.05) is 23.9 Å². The third-order valence-electron chi connectivity index (χ3n) is 5.74. The summed E-state index contributed by atoms with van der Waals surface area (Å²) in [5.41, 5.74) is 3.06. The van der Waals surface area contributed by atoms with E-state index in [4.69, 9.17) is 14.2 Å². The van der Waals surface area contributed by atoms with Gasteiger partial charge in [-0.3, -0.25) is 14.9 Å². The van der Waals surface area contributed by atoms with E-state index < -0.39 is 10.8 Å². The quantitative estimate of drug-likeness (QED) is 0.369. The van der Waals surface area contributed by atoms with Crippen LogP contribution in [0.1, 0.15) is 27.0 Å². The molecule has 0 N–H and O–H groups in total. The van der Waals surface area contributed by atoms with Gasteiger partial charge in [0.15, 0.2) is 11.5 Å². The molecule has 0 aromatic heterocycles. The minimum atomic E-state index is -0.571. The van der Waals surface area contributed by atoms with E-state index in [2.05, 4.69) is 6.58 Å². The minimum absolute atomic E-state index is 0.0716. The largest absolute Gasteiger partial charge is 0.493 e. The molecule has 0 fully saturated rings. The molecule has 8 nitrogen and oxygen atoms in total. The monoisotopic (exact) mass is 460 g/mol. The predicted octanol–water partition coefficient (Wildman–Crippen LogP) is 4.86. The molecule has 3 aromatic rings. The first-order valence-electron chi connectivity index (χ1n) is 10.6. The number of nitro benzene ring substituents is 1. The first-order chi connectivity index (χ1) is 16.4. The second-order valence-electron chi connectivity index (χ2n) is 7.70. The van der Waals surface area contributed by atoms with Gasteiger partial charge >= 0.3 is 5.69 Å². The summed E-state index contributed by atoms with van der Waals surface area (Å²) in [7, 11) is 2.89. The SMILES string of the molecule is C=C1c2cc(OCc3ccccc3)c(OC)cc2CCN1C(=O)c1cccc([N+](=O)[O-])c1OC. The molecule has 0 atom stereocenters. The lowest BCUT2D eigenvalue weighted by Gasteiger charge is -2.32.